The molecule has 3 N–H and O–H groups in total. The summed E-state index contributed by atoms with van der Waals surface area (Å²) in [5, 5.41) is 8.93. The molecule has 0 aromatic rings. The van der Waals surface area contributed by atoms with Crippen molar-refractivity contribution in [2.45, 2.75) is 46.5 Å². The zero-order valence-corrected chi connectivity index (χ0v) is 14.3. The number of piperidine rings is 1. The van der Waals surface area contributed by atoms with Gasteiger partial charge in [-0.3, -0.25) is 9.59 Å². The lowest BCUT2D eigenvalue weighted by Crippen LogP contribution is -2.45. The van der Waals surface area contributed by atoms with Crippen molar-refractivity contribution in [3.63, 3.8) is 0 Å². The summed E-state index contributed by atoms with van der Waals surface area (Å²) in [6, 6.07) is 0. The molecule has 0 radical (unpaired) electrons. The van der Waals surface area contributed by atoms with Crippen LogP contribution in [0.25, 0.3) is 0 Å². The van der Waals surface area contributed by atoms with Crippen LogP contribution in [0, 0.1) is 11.3 Å². The third-order valence-electron chi connectivity index (χ3n) is 3.92. The lowest BCUT2D eigenvalue weighted by Gasteiger charge is -2.34. The van der Waals surface area contributed by atoms with Gasteiger partial charge in [0.05, 0.1) is 6.54 Å². The maximum absolute atomic E-state index is 11.7. The monoisotopic (exact) mass is 319 g/mol. The van der Waals surface area contributed by atoms with Gasteiger partial charge >= 0.3 is 0 Å². The molecule has 1 fully saturated rings. The highest BCUT2D eigenvalue weighted by Crippen LogP contribution is 2.26. The molecule has 0 atom stereocenters. The Morgan fingerprint density at radius 1 is 1.14 bits per heavy atom. The normalized spacial score (nSPS) is 17.0. The average molecular weight is 320 g/mol. The van der Waals surface area contributed by atoms with Gasteiger partial charge in [-0.05, 0) is 43.7 Å². The topological polar surface area (TPSA) is 70.2 Å². The molecule has 0 bridgehead atoms. The fourth-order valence-corrected chi connectivity index (χ4v) is 2.27. The van der Waals surface area contributed by atoms with Gasteiger partial charge in [0, 0.05) is 13.0 Å². The smallest absolute Gasteiger partial charge is 0.239 e. The Bertz CT molecular complexity index is 329. The highest BCUT2D eigenvalue weighted by atomic mass is 35.5. The second-order valence-electron chi connectivity index (χ2n) is 6.55. The molecular weight excluding hydrogens is 290 g/mol. The van der Waals surface area contributed by atoms with E-state index in [4.69, 9.17) is 0 Å². The first-order chi connectivity index (χ1) is 9.41. The largest absolute Gasteiger partial charge is 0.354 e. The molecule has 1 aliphatic heterocycles. The van der Waals surface area contributed by atoms with Crippen molar-refractivity contribution in [3.8, 4) is 0 Å². The van der Waals surface area contributed by atoms with Gasteiger partial charge in [0.15, 0.2) is 0 Å². The summed E-state index contributed by atoms with van der Waals surface area (Å²) in [7, 11) is 0. The lowest BCUT2D eigenvalue weighted by molar-refractivity contribution is -0.126. The Kier molecular flexibility index (Phi) is 9.62. The van der Waals surface area contributed by atoms with Crippen molar-refractivity contribution in [2.24, 2.45) is 11.3 Å². The number of carbonyl (C=O) groups excluding carboxylic acids is 2. The third-order valence-corrected chi connectivity index (χ3v) is 3.92. The number of carbonyl (C=O) groups is 2. The number of nitrogens with one attached hydrogen (secondary N) is 3. The van der Waals surface area contributed by atoms with Gasteiger partial charge in [0.25, 0.3) is 0 Å². The summed E-state index contributed by atoms with van der Waals surface area (Å²) < 4.78 is 0. The highest BCUT2D eigenvalue weighted by molar-refractivity contribution is 5.85. The van der Waals surface area contributed by atoms with E-state index in [1.54, 1.807) is 0 Å². The lowest BCUT2D eigenvalue weighted by atomic mass is 9.81. The van der Waals surface area contributed by atoms with Gasteiger partial charge in [-0.1, -0.05) is 20.8 Å². The van der Waals surface area contributed by atoms with Crippen LogP contribution in [-0.2, 0) is 9.59 Å². The SMILES string of the molecule is CC(C)CCC(=O)NCC(=O)NCC1(C)CCNCC1.Cl. The molecule has 1 saturated heterocycles. The summed E-state index contributed by atoms with van der Waals surface area (Å²) >= 11 is 0. The fraction of sp³-hybridized carbons (Fsp3) is 0.867. The Morgan fingerprint density at radius 2 is 1.76 bits per heavy atom. The highest BCUT2D eigenvalue weighted by Gasteiger charge is 2.26. The van der Waals surface area contributed by atoms with E-state index in [9.17, 15) is 9.59 Å². The van der Waals surface area contributed by atoms with Crippen molar-refractivity contribution >= 4 is 24.2 Å². The number of hydrogen-bond acceptors (Lipinski definition) is 3. The van der Waals surface area contributed by atoms with E-state index >= 15 is 0 Å². The van der Waals surface area contributed by atoms with Crippen LogP contribution in [0.5, 0.6) is 0 Å². The molecule has 1 heterocycles. The Morgan fingerprint density at radius 3 is 2.33 bits per heavy atom. The van der Waals surface area contributed by atoms with Crippen LogP contribution in [0.3, 0.4) is 0 Å². The predicted octanol–water partition coefficient (Wildman–Crippen LogP) is 1.47. The first kappa shape index (κ1) is 20.2. The molecule has 6 heteroatoms. The predicted molar refractivity (Wildman–Crippen MR) is 87.6 cm³/mol. The Balaban J connectivity index is 0.00000400. The molecule has 124 valence electrons. The zero-order chi connectivity index (χ0) is 15.0. The molecule has 0 aromatic heterocycles. The third kappa shape index (κ3) is 8.94. The van der Waals surface area contributed by atoms with Gasteiger partial charge in [0.2, 0.25) is 11.8 Å². The van der Waals surface area contributed by atoms with E-state index in [2.05, 4.69) is 36.7 Å². The van der Waals surface area contributed by atoms with Crippen molar-refractivity contribution in [1.82, 2.24) is 16.0 Å². The van der Waals surface area contributed by atoms with E-state index in [1.165, 1.54) is 0 Å². The maximum atomic E-state index is 11.7. The molecule has 0 spiro atoms. The van der Waals surface area contributed by atoms with Gasteiger partial charge in [-0.25, -0.2) is 0 Å². The Labute approximate surface area is 134 Å². The number of amides is 2. The molecule has 21 heavy (non-hydrogen) atoms. The summed E-state index contributed by atoms with van der Waals surface area (Å²) in [6.45, 7) is 9.17. The molecule has 5 nitrogen and oxygen atoms in total. The minimum absolute atomic E-state index is 0. The molecule has 0 saturated carbocycles. The molecule has 1 aliphatic rings. The van der Waals surface area contributed by atoms with Crippen molar-refractivity contribution in [1.29, 1.82) is 0 Å². The molecular formula is C15H30ClN3O2. The summed E-state index contributed by atoms with van der Waals surface area (Å²) in [5.74, 6) is 0.374. The van der Waals surface area contributed by atoms with Crippen LogP contribution >= 0.6 is 12.4 Å². The number of halogens is 1. The summed E-state index contributed by atoms with van der Waals surface area (Å²) in [5.41, 5.74) is 0.183. The van der Waals surface area contributed by atoms with E-state index in [0.717, 1.165) is 32.4 Å². The van der Waals surface area contributed by atoms with Crippen LogP contribution in [0.2, 0.25) is 0 Å². The van der Waals surface area contributed by atoms with Crippen molar-refractivity contribution < 1.29 is 9.59 Å². The van der Waals surface area contributed by atoms with E-state index in [0.29, 0.717) is 18.9 Å². The molecule has 0 unspecified atom stereocenters. The van der Waals surface area contributed by atoms with Crippen LogP contribution in [0.4, 0.5) is 0 Å². The first-order valence-electron chi connectivity index (χ1n) is 7.65. The van der Waals surface area contributed by atoms with Crippen molar-refractivity contribution in [2.75, 3.05) is 26.2 Å². The molecule has 1 rings (SSSR count). The fourth-order valence-electron chi connectivity index (χ4n) is 2.27. The van der Waals surface area contributed by atoms with Gasteiger partial charge in [-0.2, -0.15) is 0 Å². The van der Waals surface area contributed by atoms with Crippen LogP contribution in [0.15, 0.2) is 0 Å². The van der Waals surface area contributed by atoms with Gasteiger partial charge < -0.3 is 16.0 Å². The minimum atomic E-state index is -0.0948. The number of rotatable bonds is 7. The van der Waals surface area contributed by atoms with Gasteiger partial charge in [-0.15, -0.1) is 12.4 Å². The van der Waals surface area contributed by atoms with E-state index < -0.39 is 0 Å². The molecule has 0 aliphatic carbocycles. The van der Waals surface area contributed by atoms with Crippen LogP contribution < -0.4 is 16.0 Å². The Hall–Kier alpha value is -0.810. The maximum Gasteiger partial charge on any atom is 0.239 e. The van der Waals surface area contributed by atoms with Crippen molar-refractivity contribution in [3.05, 3.63) is 0 Å². The molecule has 2 amide bonds. The van der Waals surface area contributed by atoms with Gasteiger partial charge in [0.1, 0.15) is 0 Å². The standard InChI is InChI=1S/C15H29N3O2.ClH/c1-12(2)4-5-13(19)17-10-14(20)18-11-15(3)6-8-16-9-7-15;/h12,16H,4-11H2,1-3H3,(H,17,19)(H,18,20);1H. The van der Waals surface area contributed by atoms with Crippen LogP contribution in [-0.4, -0.2) is 38.0 Å². The molecule has 0 aromatic carbocycles. The number of hydrogen-bond donors (Lipinski definition) is 3. The second kappa shape index (κ2) is 10.0. The average Bonchev–Trinajstić information content (AvgIpc) is 2.41. The summed E-state index contributed by atoms with van der Waals surface area (Å²) in [4.78, 5) is 23.3. The first-order valence-corrected chi connectivity index (χ1v) is 7.65. The second-order valence-corrected chi connectivity index (χ2v) is 6.55. The minimum Gasteiger partial charge on any atom is -0.354 e. The van der Waals surface area contributed by atoms with E-state index in [-0.39, 0.29) is 36.2 Å². The summed E-state index contributed by atoms with van der Waals surface area (Å²) in [6.07, 6.45) is 3.51. The quantitative estimate of drug-likeness (QED) is 0.665. The zero-order valence-electron chi connectivity index (χ0n) is 13.5. The van der Waals surface area contributed by atoms with E-state index in [1.807, 2.05) is 0 Å². The van der Waals surface area contributed by atoms with Crippen LogP contribution in [0.1, 0.15) is 46.5 Å².